The third-order valence-corrected chi connectivity index (χ3v) is 3.41. The topological polar surface area (TPSA) is 37.3 Å². The van der Waals surface area contributed by atoms with Gasteiger partial charge in [0.25, 0.3) is 0 Å². The molecule has 0 saturated heterocycles. The zero-order chi connectivity index (χ0) is 7.35. The molecule has 2 atom stereocenters. The highest BCUT2D eigenvalue weighted by atomic mass is 16.4. The van der Waals surface area contributed by atoms with E-state index in [4.69, 9.17) is 5.11 Å². The Morgan fingerprint density at radius 3 is 2.30 bits per heavy atom. The predicted molar refractivity (Wildman–Crippen MR) is 36.6 cm³/mol. The second-order valence-electron chi connectivity index (χ2n) is 3.73. The Morgan fingerprint density at radius 1 is 1.50 bits per heavy atom. The molecule has 56 valence electrons. The maximum absolute atomic E-state index is 10.7. The number of rotatable bonds is 1. The lowest BCUT2D eigenvalue weighted by atomic mass is 9.99. The van der Waals surface area contributed by atoms with E-state index in [0.29, 0.717) is 11.8 Å². The molecule has 0 aromatic carbocycles. The van der Waals surface area contributed by atoms with Crippen molar-refractivity contribution in [2.75, 3.05) is 0 Å². The quantitative estimate of drug-likeness (QED) is 0.599. The summed E-state index contributed by atoms with van der Waals surface area (Å²) in [6.07, 6.45) is 3.54. The average molecular weight is 140 g/mol. The van der Waals surface area contributed by atoms with Crippen LogP contribution < -0.4 is 0 Å². The molecule has 1 N–H and O–H groups in total. The zero-order valence-corrected chi connectivity index (χ0v) is 6.13. The van der Waals surface area contributed by atoms with Crippen LogP contribution in [0.2, 0.25) is 0 Å². The maximum Gasteiger partial charge on any atom is 0.309 e. The van der Waals surface area contributed by atoms with Gasteiger partial charge in [-0.15, -0.1) is 0 Å². The van der Waals surface area contributed by atoms with Crippen molar-refractivity contribution in [2.24, 2.45) is 17.3 Å². The highest BCUT2D eigenvalue weighted by Crippen LogP contribution is 2.67. The van der Waals surface area contributed by atoms with Crippen LogP contribution in [-0.2, 0) is 4.79 Å². The fourth-order valence-electron chi connectivity index (χ4n) is 2.57. The van der Waals surface area contributed by atoms with Gasteiger partial charge in [-0.1, -0.05) is 6.42 Å². The van der Waals surface area contributed by atoms with Crippen molar-refractivity contribution in [3.05, 3.63) is 0 Å². The minimum atomic E-state index is -0.581. The Hall–Kier alpha value is -0.530. The molecule has 10 heavy (non-hydrogen) atoms. The van der Waals surface area contributed by atoms with Gasteiger partial charge in [0.15, 0.2) is 0 Å². The standard InChI is InChI=1S/C8H12O2/c1-8(7(9)10)5-3-2-4-6(5)8/h5-6H,2-4H2,1H3,(H,9,10). The van der Waals surface area contributed by atoms with Gasteiger partial charge in [-0.05, 0) is 31.6 Å². The van der Waals surface area contributed by atoms with Crippen molar-refractivity contribution in [2.45, 2.75) is 26.2 Å². The maximum atomic E-state index is 10.7. The number of carboxylic acids is 1. The van der Waals surface area contributed by atoms with Crippen molar-refractivity contribution in [1.82, 2.24) is 0 Å². The van der Waals surface area contributed by atoms with Crippen molar-refractivity contribution in [3.63, 3.8) is 0 Å². The summed E-state index contributed by atoms with van der Waals surface area (Å²) in [5.41, 5.74) is -0.321. The highest BCUT2D eigenvalue weighted by Gasteiger charge is 2.67. The van der Waals surface area contributed by atoms with E-state index >= 15 is 0 Å². The first kappa shape index (κ1) is 6.20. The van der Waals surface area contributed by atoms with Crippen LogP contribution in [0, 0.1) is 17.3 Å². The Balaban J connectivity index is 2.17. The van der Waals surface area contributed by atoms with Gasteiger partial charge in [-0.25, -0.2) is 0 Å². The van der Waals surface area contributed by atoms with Gasteiger partial charge in [0, 0.05) is 0 Å². The molecule has 0 amide bonds. The summed E-state index contributed by atoms with van der Waals surface area (Å²) in [7, 11) is 0. The van der Waals surface area contributed by atoms with E-state index in [1.807, 2.05) is 6.92 Å². The molecule has 2 rings (SSSR count). The van der Waals surface area contributed by atoms with Gasteiger partial charge in [0.1, 0.15) is 0 Å². The second kappa shape index (κ2) is 1.55. The summed E-state index contributed by atoms with van der Waals surface area (Å²) in [5, 5.41) is 8.82. The van der Waals surface area contributed by atoms with Crippen LogP contribution in [0.5, 0.6) is 0 Å². The van der Waals surface area contributed by atoms with Crippen LogP contribution in [0.15, 0.2) is 0 Å². The fourth-order valence-corrected chi connectivity index (χ4v) is 2.57. The number of carboxylic acid groups (broad SMARTS) is 1. The van der Waals surface area contributed by atoms with E-state index in [0.717, 1.165) is 12.8 Å². The summed E-state index contributed by atoms with van der Waals surface area (Å²) in [6, 6.07) is 0. The first-order valence-electron chi connectivity index (χ1n) is 3.90. The minimum Gasteiger partial charge on any atom is -0.481 e. The van der Waals surface area contributed by atoms with E-state index in [-0.39, 0.29) is 5.41 Å². The smallest absolute Gasteiger partial charge is 0.309 e. The average Bonchev–Trinajstić information content (AvgIpc) is 2.28. The molecule has 2 nitrogen and oxygen atoms in total. The van der Waals surface area contributed by atoms with Crippen molar-refractivity contribution < 1.29 is 9.90 Å². The number of aliphatic carboxylic acids is 1. The molecule has 2 aliphatic rings. The molecule has 2 unspecified atom stereocenters. The van der Waals surface area contributed by atoms with Crippen LogP contribution in [0.4, 0.5) is 0 Å². The van der Waals surface area contributed by atoms with Gasteiger partial charge in [-0.3, -0.25) is 4.79 Å². The number of hydrogen-bond acceptors (Lipinski definition) is 1. The van der Waals surface area contributed by atoms with Crippen LogP contribution in [-0.4, -0.2) is 11.1 Å². The monoisotopic (exact) mass is 140 g/mol. The van der Waals surface area contributed by atoms with Crippen LogP contribution >= 0.6 is 0 Å². The number of hydrogen-bond donors (Lipinski definition) is 1. The fraction of sp³-hybridized carbons (Fsp3) is 0.875. The second-order valence-corrected chi connectivity index (χ2v) is 3.73. The lowest BCUT2D eigenvalue weighted by molar-refractivity contribution is -0.144. The van der Waals surface area contributed by atoms with E-state index in [2.05, 4.69) is 0 Å². The van der Waals surface area contributed by atoms with E-state index < -0.39 is 5.97 Å². The molecule has 0 radical (unpaired) electrons. The summed E-state index contributed by atoms with van der Waals surface area (Å²) in [4.78, 5) is 10.7. The Morgan fingerprint density at radius 2 is 2.00 bits per heavy atom. The molecule has 0 aromatic heterocycles. The number of fused-ring (bicyclic) bond motifs is 1. The molecule has 2 fully saturated rings. The van der Waals surface area contributed by atoms with Gasteiger partial charge < -0.3 is 5.11 Å². The summed E-state index contributed by atoms with van der Waals surface area (Å²) in [6.45, 7) is 1.89. The molecule has 2 saturated carbocycles. The molecule has 2 aliphatic carbocycles. The molecule has 0 heterocycles. The van der Waals surface area contributed by atoms with Crippen LogP contribution in [0.1, 0.15) is 26.2 Å². The first-order chi connectivity index (χ1) is 4.67. The Labute approximate surface area is 60.2 Å². The molecule has 0 aliphatic heterocycles. The van der Waals surface area contributed by atoms with Crippen molar-refractivity contribution in [1.29, 1.82) is 0 Å². The molecular formula is C8H12O2. The van der Waals surface area contributed by atoms with Crippen molar-refractivity contribution in [3.8, 4) is 0 Å². The molecule has 2 heteroatoms. The largest absolute Gasteiger partial charge is 0.481 e. The van der Waals surface area contributed by atoms with Crippen LogP contribution in [0.25, 0.3) is 0 Å². The lowest BCUT2D eigenvalue weighted by Crippen LogP contribution is -2.16. The minimum absolute atomic E-state index is 0.321. The molecule has 0 spiro atoms. The predicted octanol–water partition coefficient (Wildman–Crippen LogP) is 1.51. The Kier molecular flexibility index (Phi) is 0.960. The van der Waals surface area contributed by atoms with Crippen LogP contribution in [0.3, 0.4) is 0 Å². The first-order valence-corrected chi connectivity index (χ1v) is 3.90. The summed E-state index contributed by atoms with van der Waals surface area (Å²) < 4.78 is 0. The lowest BCUT2D eigenvalue weighted by Gasteiger charge is -2.07. The molecule has 0 aromatic rings. The third kappa shape index (κ3) is 0.482. The van der Waals surface area contributed by atoms with Gasteiger partial charge in [0.05, 0.1) is 5.41 Å². The summed E-state index contributed by atoms with van der Waals surface area (Å²) in [5.74, 6) is 0.456. The number of carbonyl (C=O) groups is 1. The Bertz CT molecular complexity index is 176. The van der Waals surface area contributed by atoms with Crippen molar-refractivity contribution >= 4 is 5.97 Å². The van der Waals surface area contributed by atoms with Gasteiger partial charge in [0.2, 0.25) is 0 Å². The normalized spacial score (nSPS) is 50.5. The third-order valence-electron chi connectivity index (χ3n) is 3.41. The molecule has 0 bridgehead atoms. The molecular weight excluding hydrogens is 128 g/mol. The SMILES string of the molecule is CC1(C(=O)O)C2CCCC21. The summed E-state index contributed by atoms with van der Waals surface area (Å²) >= 11 is 0. The zero-order valence-electron chi connectivity index (χ0n) is 6.13. The van der Waals surface area contributed by atoms with Gasteiger partial charge >= 0.3 is 5.97 Å². The van der Waals surface area contributed by atoms with E-state index in [1.54, 1.807) is 0 Å². The van der Waals surface area contributed by atoms with E-state index in [9.17, 15) is 4.79 Å². The highest BCUT2D eigenvalue weighted by molar-refractivity contribution is 5.79. The van der Waals surface area contributed by atoms with Gasteiger partial charge in [-0.2, -0.15) is 0 Å². The van der Waals surface area contributed by atoms with E-state index in [1.165, 1.54) is 6.42 Å².